The van der Waals surface area contributed by atoms with Gasteiger partial charge in [0.1, 0.15) is 11.8 Å². The van der Waals surface area contributed by atoms with Crippen molar-refractivity contribution in [2.75, 3.05) is 5.32 Å². The summed E-state index contributed by atoms with van der Waals surface area (Å²) in [5.74, 6) is -1.08. The Morgan fingerprint density at radius 1 is 1.16 bits per heavy atom. The van der Waals surface area contributed by atoms with E-state index < -0.39 is 23.4 Å². The smallest absolute Gasteiger partial charge is 0.417 e. The van der Waals surface area contributed by atoms with E-state index >= 15 is 0 Å². The molecule has 0 atom stereocenters. The van der Waals surface area contributed by atoms with Crippen molar-refractivity contribution in [1.82, 2.24) is 4.98 Å². The van der Waals surface area contributed by atoms with Crippen molar-refractivity contribution in [3.05, 3.63) is 75.5 Å². The lowest BCUT2D eigenvalue weighted by Gasteiger charge is -2.11. The molecule has 0 spiro atoms. The fourth-order valence-corrected chi connectivity index (χ4v) is 3.83. The van der Waals surface area contributed by atoms with Crippen LogP contribution in [0.25, 0.3) is 0 Å². The van der Waals surface area contributed by atoms with Gasteiger partial charge in [0.15, 0.2) is 5.69 Å². The molecule has 0 aliphatic heterocycles. The fraction of sp³-hybridized carbons (Fsp3) is 0.0500. The highest BCUT2D eigenvalue weighted by molar-refractivity contribution is 7.99. The first kappa shape index (κ1) is 22.7. The number of carbonyl (C=O) groups is 1. The maximum Gasteiger partial charge on any atom is 0.417 e. The maximum absolute atomic E-state index is 12.9. The Bertz CT molecular complexity index is 1200. The third-order valence-electron chi connectivity index (χ3n) is 3.90. The van der Waals surface area contributed by atoms with Crippen LogP contribution >= 0.6 is 35.0 Å². The van der Waals surface area contributed by atoms with Gasteiger partial charge >= 0.3 is 6.18 Å². The minimum atomic E-state index is -4.58. The molecular weight excluding hydrogens is 474 g/mol. The number of aromatic hydroxyl groups is 1. The van der Waals surface area contributed by atoms with Crippen molar-refractivity contribution in [3.63, 3.8) is 0 Å². The molecule has 0 unspecified atom stereocenters. The number of carbonyl (C=O) groups excluding carboxylic acids is 1. The molecule has 1 amide bonds. The van der Waals surface area contributed by atoms with Gasteiger partial charge in [-0.1, -0.05) is 35.0 Å². The van der Waals surface area contributed by atoms with Gasteiger partial charge in [0.2, 0.25) is 0 Å². The molecule has 1 aromatic heterocycles. The van der Waals surface area contributed by atoms with E-state index in [2.05, 4.69) is 10.3 Å². The molecule has 158 valence electrons. The molecule has 2 aromatic carbocycles. The Morgan fingerprint density at radius 3 is 2.45 bits per heavy atom. The van der Waals surface area contributed by atoms with Crippen LogP contribution in [0.4, 0.5) is 18.9 Å². The molecule has 5 nitrogen and oxygen atoms in total. The molecule has 0 saturated heterocycles. The van der Waals surface area contributed by atoms with E-state index in [1.807, 2.05) is 0 Å². The molecule has 3 rings (SSSR count). The number of amides is 1. The van der Waals surface area contributed by atoms with Crippen molar-refractivity contribution in [1.29, 1.82) is 5.26 Å². The first-order chi connectivity index (χ1) is 14.6. The quantitative estimate of drug-likeness (QED) is 0.449. The number of aromatic nitrogens is 1. The summed E-state index contributed by atoms with van der Waals surface area (Å²) < 4.78 is 38.8. The number of alkyl halides is 3. The standard InChI is InChI=1S/C20H10Cl2F3N3O2S/c21-11-6-14(18(29)15(22)7-11)19(30)28-12-1-3-13(4-2-12)31-17-5-10(20(23,24)25)9-27-16(17)8-26/h1-7,9,29H,(H,28,30). The second-order valence-electron chi connectivity index (χ2n) is 6.04. The van der Waals surface area contributed by atoms with Crippen LogP contribution in [0.5, 0.6) is 5.75 Å². The van der Waals surface area contributed by atoms with Gasteiger partial charge in [-0.25, -0.2) is 4.98 Å². The van der Waals surface area contributed by atoms with Crippen molar-refractivity contribution >= 4 is 46.6 Å². The molecule has 1 heterocycles. The van der Waals surface area contributed by atoms with Crippen LogP contribution in [0.2, 0.25) is 10.0 Å². The highest BCUT2D eigenvalue weighted by Gasteiger charge is 2.31. The van der Waals surface area contributed by atoms with Gasteiger partial charge in [-0.3, -0.25) is 4.79 Å². The Balaban J connectivity index is 1.79. The minimum absolute atomic E-state index is 0.0487. The van der Waals surface area contributed by atoms with Crippen LogP contribution in [-0.2, 0) is 6.18 Å². The first-order valence-electron chi connectivity index (χ1n) is 8.33. The van der Waals surface area contributed by atoms with Crippen LogP contribution in [0, 0.1) is 11.3 Å². The van der Waals surface area contributed by atoms with E-state index in [9.17, 15) is 23.1 Å². The number of anilines is 1. The molecule has 0 saturated carbocycles. The Kier molecular flexibility index (Phi) is 6.65. The number of pyridine rings is 1. The summed E-state index contributed by atoms with van der Waals surface area (Å²) in [5, 5.41) is 21.7. The molecule has 3 aromatic rings. The van der Waals surface area contributed by atoms with Gasteiger partial charge in [0.05, 0.1) is 16.1 Å². The minimum Gasteiger partial charge on any atom is -0.506 e. The SMILES string of the molecule is N#Cc1ncc(C(F)(F)F)cc1Sc1ccc(NC(=O)c2cc(Cl)cc(Cl)c2O)cc1. The van der Waals surface area contributed by atoms with Gasteiger partial charge < -0.3 is 10.4 Å². The number of phenolic OH excluding ortho intramolecular Hbond substituents is 1. The lowest BCUT2D eigenvalue weighted by atomic mass is 10.2. The summed E-state index contributed by atoms with van der Waals surface area (Å²) >= 11 is 12.6. The van der Waals surface area contributed by atoms with Gasteiger partial charge in [-0.05, 0) is 42.5 Å². The summed E-state index contributed by atoms with van der Waals surface area (Å²) in [7, 11) is 0. The number of hydrogen-bond acceptors (Lipinski definition) is 5. The summed E-state index contributed by atoms with van der Waals surface area (Å²) in [5.41, 5.74) is -0.862. The number of nitrogens with one attached hydrogen (secondary N) is 1. The topological polar surface area (TPSA) is 86.0 Å². The van der Waals surface area contributed by atoms with Gasteiger partial charge in [0, 0.05) is 26.7 Å². The monoisotopic (exact) mass is 483 g/mol. The summed E-state index contributed by atoms with van der Waals surface area (Å²) in [4.78, 5) is 16.5. The third kappa shape index (κ3) is 5.41. The highest BCUT2D eigenvalue weighted by atomic mass is 35.5. The maximum atomic E-state index is 12.9. The third-order valence-corrected chi connectivity index (χ3v) is 5.44. The number of phenols is 1. The molecule has 31 heavy (non-hydrogen) atoms. The number of rotatable bonds is 4. The van der Waals surface area contributed by atoms with Crippen molar-refractivity contribution < 1.29 is 23.1 Å². The van der Waals surface area contributed by atoms with Crippen LogP contribution in [0.15, 0.2) is 58.5 Å². The number of halogens is 5. The largest absolute Gasteiger partial charge is 0.506 e. The summed E-state index contributed by atoms with van der Waals surface area (Å²) in [6, 6.07) is 11.3. The summed E-state index contributed by atoms with van der Waals surface area (Å²) in [6.45, 7) is 0. The Labute approximate surface area is 188 Å². The molecule has 0 aliphatic carbocycles. The van der Waals surface area contributed by atoms with E-state index in [0.717, 1.165) is 17.8 Å². The summed E-state index contributed by atoms with van der Waals surface area (Å²) in [6.07, 6.45) is -3.97. The Morgan fingerprint density at radius 2 is 1.84 bits per heavy atom. The van der Waals surface area contributed by atoms with E-state index in [4.69, 9.17) is 28.5 Å². The molecule has 0 aliphatic rings. The van der Waals surface area contributed by atoms with Crippen LogP contribution in [0.1, 0.15) is 21.6 Å². The lowest BCUT2D eigenvalue weighted by Crippen LogP contribution is -2.12. The highest BCUT2D eigenvalue weighted by Crippen LogP contribution is 2.36. The van der Waals surface area contributed by atoms with E-state index in [1.165, 1.54) is 24.3 Å². The fourth-order valence-electron chi connectivity index (χ4n) is 2.43. The molecule has 0 bridgehead atoms. The average Bonchev–Trinajstić information content (AvgIpc) is 2.71. The molecular formula is C20H10Cl2F3N3O2S. The molecule has 2 N–H and O–H groups in total. The zero-order chi connectivity index (χ0) is 22.8. The van der Waals surface area contributed by atoms with Crippen molar-refractivity contribution in [2.24, 2.45) is 0 Å². The van der Waals surface area contributed by atoms with Gasteiger partial charge in [-0.15, -0.1) is 0 Å². The van der Waals surface area contributed by atoms with Gasteiger partial charge in [-0.2, -0.15) is 18.4 Å². The van der Waals surface area contributed by atoms with Crippen LogP contribution < -0.4 is 5.32 Å². The van der Waals surface area contributed by atoms with Crippen molar-refractivity contribution in [2.45, 2.75) is 16.0 Å². The lowest BCUT2D eigenvalue weighted by molar-refractivity contribution is -0.138. The molecule has 0 radical (unpaired) electrons. The van der Waals surface area contributed by atoms with E-state index in [0.29, 0.717) is 16.8 Å². The van der Waals surface area contributed by atoms with E-state index in [1.54, 1.807) is 18.2 Å². The second-order valence-corrected chi connectivity index (χ2v) is 8.00. The number of nitrogens with zero attached hydrogens (tertiary/aromatic N) is 2. The predicted molar refractivity (Wildman–Crippen MR) is 111 cm³/mol. The Hall–Kier alpha value is -2.93. The van der Waals surface area contributed by atoms with Gasteiger partial charge in [0.25, 0.3) is 5.91 Å². The first-order valence-corrected chi connectivity index (χ1v) is 9.90. The predicted octanol–water partition coefficient (Wildman–Crippen LogP) is 6.39. The normalized spacial score (nSPS) is 11.1. The van der Waals surface area contributed by atoms with E-state index in [-0.39, 0.29) is 26.2 Å². The molecule has 11 heteroatoms. The molecule has 0 fully saturated rings. The second kappa shape index (κ2) is 9.06. The van der Waals surface area contributed by atoms with Crippen molar-refractivity contribution in [3.8, 4) is 11.8 Å². The van der Waals surface area contributed by atoms with Crippen LogP contribution in [0.3, 0.4) is 0 Å². The zero-order valence-electron chi connectivity index (χ0n) is 15.2. The number of hydrogen-bond donors (Lipinski definition) is 2. The number of nitriles is 1. The number of benzene rings is 2. The zero-order valence-corrected chi connectivity index (χ0v) is 17.5. The van der Waals surface area contributed by atoms with Crippen LogP contribution in [-0.4, -0.2) is 16.0 Å². The average molecular weight is 484 g/mol.